The fraction of sp³-hybridized carbons (Fsp3) is 0.600. The lowest BCUT2D eigenvalue weighted by Crippen LogP contribution is -2.53. The van der Waals surface area contributed by atoms with Crippen molar-refractivity contribution in [3.8, 4) is 5.75 Å². The minimum Gasteiger partial charge on any atom is -0.490 e. The molecule has 1 N–H and O–H groups in total. The molecule has 1 aliphatic carbocycles. The van der Waals surface area contributed by atoms with Gasteiger partial charge >= 0.3 is 6.03 Å². The Morgan fingerprint density at radius 3 is 2.81 bits per heavy atom. The summed E-state index contributed by atoms with van der Waals surface area (Å²) in [6, 6.07) is 4.08. The summed E-state index contributed by atoms with van der Waals surface area (Å²) in [5.41, 5.74) is 0.206. The van der Waals surface area contributed by atoms with E-state index in [1.165, 1.54) is 44.4 Å². The molecule has 7 heteroatoms. The molecule has 2 aliphatic rings. The molecule has 27 heavy (non-hydrogen) atoms. The number of benzene rings is 1. The predicted octanol–water partition coefficient (Wildman–Crippen LogP) is 3.15. The molecule has 1 aliphatic heterocycles. The van der Waals surface area contributed by atoms with Crippen molar-refractivity contribution in [3.63, 3.8) is 0 Å². The average molecular weight is 378 g/mol. The Morgan fingerprint density at radius 2 is 2.07 bits per heavy atom. The molecule has 2 fully saturated rings. The number of nitrogens with zero attached hydrogens (tertiary/aromatic N) is 1. The van der Waals surface area contributed by atoms with Crippen molar-refractivity contribution in [2.24, 2.45) is 0 Å². The lowest BCUT2D eigenvalue weighted by atomic mass is 9.96. The van der Waals surface area contributed by atoms with Crippen LogP contribution in [0.3, 0.4) is 0 Å². The van der Waals surface area contributed by atoms with Gasteiger partial charge in [0.2, 0.25) is 0 Å². The molecule has 1 saturated heterocycles. The van der Waals surface area contributed by atoms with Crippen LogP contribution in [-0.4, -0.2) is 55.2 Å². The summed E-state index contributed by atoms with van der Waals surface area (Å²) in [5.74, 6) is -0.411. The maximum atomic E-state index is 13.4. The number of rotatable bonds is 5. The number of hydrogen-bond acceptors (Lipinski definition) is 4. The summed E-state index contributed by atoms with van der Waals surface area (Å²) in [7, 11) is 0. The molecule has 1 atom stereocenters. The molecule has 0 bridgehead atoms. The summed E-state index contributed by atoms with van der Waals surface area (Å²) < 4.78 is 24.7. The van der Waals surface area contributed by atoms with Crippen LogP contribution in [-0.2, 0) is 4.74 Å². The number of carbonyl (C=O) groups excluding carboxylic acids is 2. The van der Waals surface area contributed by atoms with Crippen molar-refractivity contribution >= 4 is 11.8 Å². The molecule has 1 aromatic rings. The van der Waals surface area contributed by atoms with Gasteiger partial charge in [-0.3, -0.25) is 4.79 Å². The zero-order chi connectivity index (χ0) is 19.2. The van der Waals surface area contributed by atoms with E-state index in [0.717, 1.165) is 12.8 Å². The van der Waals surface area contributed by atoms with E-state index < -0.39 is 5.82 Å². The Hall–Kier alpha value is -2.15. The molecule has 0 radical (unpaired) electrons. The lowest BCUT2D eigenvalue weighted by Gasteiger charge is -2.34. The average Bonchev–Trinajstić information content (AvgIpc) is 2.68. The minimum absolute atomic E-state index is 0.0543. The van der Waals surface area contributed by atoms with Crippen LogP contribution in [0.15, 0.2) is 18.2 Å². The van der Waals surface area contributed by atoms with Crippen molar-refractivity contribution in [2.45, 2.75) is 51.2 Å². The second kappa shape index (κ2) is 9.17. The van der Waals surface area contributed by atoms with Crippen molar-refractivity contribution in [1.82, 2.24) is 10.2 Å². The van der Waals surface area contributed by atoms with Gasteiger partial charge in [-0.05, 0) is 38.0 Å². The van der Waals surface area contributed by atoms with Crippen molar-refractivity contribution in [3.05, 3.63) is 29.6 Å². The van der Waals surface area contributed by atoms with Gasteiger partial charge in [-0.15, -0.1) is 0 Å². The van der Waals surface area contributed by atoms with E-state index in [-0.39, 0.29) is 36.1 Å². The number of carbonyl (C=O) groups is 2. The van der Waals surface area contributed by atoms with E-state index in [9.17, 15) is 14.0 Å². The van der Waals surface area contributed by atoms with E-state index in [1.54, 1.807) is 4.90 Å². The zero-order valence-electron chi connectivity index (χ0n) is 15.7. The minimum atomic E-state index is -0.480. The van der Waals surface area contributed by atoms with E-state index in [0.29, 0.717) is 25.4 Å². The molecule has 0 aromatic heterocycles. The third-order valence-electron chi connectivity index (χ3n) is 5.10. The van der Waals surface area contributed by atoms with Gasteiger partial charge in [0.05, 0.1) is 18.7 Å². The molecule has 2 amide bonds. The molecule has 6 nitrogen and oxygen atoms in total. The fourth-order valence-electron chi connectivity index (χ4n) is 3.60. The molecule has 1 aromatic carbocycles. The van der Waals surface area contributed by atoms with Gasteiger partial charge in [-0.25, -0.2) is 9.18 Å². The van der Waals surface area contributed by atoms with E-state index >= 15 is 0 Å². The normalized spacial score (nSPS) is 21.0. The van der Waals surface area contributed by atoms with Crippen LogP contribution in [0.5, 0.6) is 5.75 Å². The number of urea groups is 1. The van der Waals surface area contributed by atoms with Crippen molar-refractivity contribution < 1.29 is 23.5 Å². The Morgan fingerprint density at radius 1 is 1.30 bits per heavy atom. The highest BCUT2D eigenvalue weighted by Gasteiger charge is 2.27. The first-order chi connectivity index (χ1) is 13.0. The highest BCUT2D eigenvalue weighted by Crippen LogP contribution is 2.21. The number of halogens is 1. The first-order valence-corrected chi connectivity index (χ1v) is 9.63. The first-order valence-electron chi connectivity index (χ1n) is 9.63. The highest BCUT2D eigenvalue weighted by molar-refractivity contribution is 5.96. The second-order valence-electron chi connectivity index (χ2n) is 7.23. The molecule has 0 spiro atoms. The van der Waals surface area contributed by atoms with E-state index in [4.69, 9.17) is 9.47 Å². The molecule has 1 heterocycles. The maximum absolute atomic E-state index is 13.4. The van der Waals surface area contributed by atoms with Crippen molar-refractivity contribution in [2.75, 3.05) is 26.3 Å². The number of ketones is 1. The van der Waals surface area contributed by atoms with Gasteiger partial charge in [0, 0.05) is 12.6 Å². The van der Waals surface area contributed by atoms with Gasteiger partial charge < -0.3 is 19.7 Å². The van der Waals surface area contributed by atoms with E-state index in [1.807, 2.05) is 0 Å². The van der Waals surface area contributed by atoms with Crippen LogP contribution in [0, 0.1) is 5.82 Å². The van der Waals surface area contributed by atoms with Crippen LogP contribution >= 0.6 is 0 Å². The fourth-order valence-corrected chi connectivity index (χ4v) is 3.60. The molecular formula is C20H27FN2O4. The van der Waals surface area contributed by atoms with Crippen LogP contribution < -0.4 is 10.1 Å². The topological polar surface area (TPSA) is 67.9 Å². The SMILES string of the molecule is CC(=O)c1cc(F)ccc1OCC1CN(C(=O)NC2CCCCC2)CCO1. The predicted molar refractivity (Wildman–Crippen MR) is 98.6 cm³/mol. The van der Waals surface area contributed by atoms with Crippen LogP contribution in [0.2, 0.25) is 0 Å². The maximum Gasteiger partial charge on any atom is 0.317 e. The van der Waals surface area contributed by atoms with Gasteiger partial charge in [0.15, 0.2) is 5.78 Å². The van der Waals surface area contributed by atoms with Crippen LogP contribution in [0.4, 0.5) is 9.18 Å². The van der Waals surface area contributed by atoms with E-state index in [2.05, 4.69) is 5.32 Å². The standard InChI is InChI=1S/C20H27FN2O4/c1-14(24)18-11-15(21)7-8-19(18)27-13-17-12-23(9-10-26-17)20(25)22-16-5-3-2-4-6-16/h7-8,11,16-17H,2-6,9-10,12-13H2,1H3,(H,22,25). The van der Waals surface area contributed by atoms with Crippen LogP contribution in [0.1, 0.15) is 49.4 Å². The Bertz CT molecular complexity index is 676. The molecule has 148 valence electrons. The first kappa shape index (κ1) is 19.6. The summed E-state index contributed by atoms with van der Waals surface area (Å²) >= 11 is 0. The van der Waals surface area contributed by atoms with Gasteiger partial charge in [0.1, 0.15) is 24.3 Å². The Labute approximate surface area is 159 Å². The molecule has 3 rings (SSSR count). The number of hydrogen-bond donors (Lipinski definition) is 1. The summed E-state index contributed by atoms with van der Waals surface area (Å²) in [6.07, 6.45) is 5.37. The zero-order valence-corrected chi connectivity index (χ0v) is 15.7. The molecular weight excluding hydrogens is 351 g/mol. The lowest BCUT2D eigenvalue weighted by molar-refractivity contribution is -0.0356. The number of nitrogens with one attached hydrogen (secondary N) is 1. The van der Waals surface area contributed by atoms with Gasteiger partial charge in [-0.2, -0.15) is 0 Å². The monoisotopic (exact) mass is 378 g/mol. The third kappa shape index (κ3) is 5.42. The Balaban J connectivity index is 1.52. The molecule has 1 saturated carbocycles. The summed E-state index contributed by atoms with van der Waals surface area (Å²) in [5, 5.41) is 3.12. The number of ether oxygens (including phenoxy) is 2. The quantitative estimate of drug-likeness (QED) is 0.800. The third-order valence-corrected chi connectivity index (χ3v) is 5.10. The second-order valence-corrected chi connectivity index (χ2v) is 7.23. The molecule has 1 unspecified atom stereocenters. The number of Topliss-reactive ketones (excluding diaryl/α,β-unsaturated/α-hetero) is 1. The van der Waals surface area contributed by atoms with Crippen molar-refractivity contribution in [1.29, 1.82) is 0 Å². The summed E-state index contributed by atoms with van der Waals surface area (Å²) in [6.45, 7) is 2.98. The van der Waals surface area contributed by atoms with Gasteiger partial charge in [-0.1, -0.05) is 19.3 Å². The Kier molecular flexibility index (Phi) is 6.66. The van der Waals surface area contributed by atoms with Crippen LogP contribution in [0.25, 0.3) is 0 Å². The smallest absolute Gasteiger partial charge is 0.317 e. The van der Waals surface area contributed by atoms with Gasteiger partial charge in [0.25, 0.3) is 0 Å². The number of morpholine rings is 1. The summed E-state index contributed by atoms with van der Waals surface area (Å²) in [4.78, 5) is 25.9. The highest BCUT2D eigenvalue weighted by atomic mass is 19.1. The number of amides is 2. The largest absolute Gasteiger partial charge is 0.490 e.